The monoisotopic (exact) mass is 271 g/mol. The maximum Gasteiger partial charge on any atom is 0.108 e. The van der Waals surface area contributed by atoms with Gasteiger partial charge in [0.25, 0.3) is 0 Å². The Hall–Kier alpha value is -1.61. The van der Waals surface area contributed by atoms with E-state index in [1.165, 1.54) is 5.56 Å². The van der Waals surface area contributed by atoms with E-state index in [-0.39, 0.29) is 6.04 Å². The number of rotatable bonds is 6. The van der Waals surface area contributed by atoms with Crippen LogP contribution in [0.25, 0.3) is 0 Å². The summed E-state index contributed by atoms with van der Waals surface area (Å²) in [7, 11) is 2.04. The predicted molar refractivity (Wildman–Crippen MR) is 83.7 cm³/mol. The first-order valence-corrected chi connectivity index (χ1v) is 7.43. The van der Waals surface area contributed by atoms with Crippen LogP contribution in [0.4, 0.5) is 0 Å². The quantitative estimate of drug-likeness (QED) is 0.870. The Morgan fingerprint density at radius 1 is 1.20 bits per heavy atom. The molecule has 0 fully saturated rings. The molecule has 1 heterocycles. The van der Waals surface area contributed by atoms with E-state index in [9.17, 15) is 0 Å². The minimum absolute atomic E-state index is 0.288. The van der Waals surface area contributed by atoms with Gasteiger partial charge in [-0.2, -0.15) is 0 Å². The summed E-state index contributed by atoms with van der Waals surface area (Å²) >= 11 is 0. The summed E-state index contributed by atoms with van der Waals surface area (Å²) in [6.45, 7) is 6.71. The SMILES string of the molecule is CCc1nccn1C(C(C)C)C(NC)c1ccccc1. The lowest BCUT2D eigenvalue weighted by molar-refractivity contribution is 0.283. The normalized spacial score (nSPS) is 14.4. The van der Waals surface area contributed by atoms with E-state index in [1.807, 2.05) is 13.2 Å². The lowest BCUT2D eigenvalue weighted by atomic mass is 9.90. The number of aryl methyl sites for hydroxylation is 1. The van der Waals surface area contributed by atoms with Crippen molar-refractivity contribution in [2.24, 2.45) is 5.92 Å². The molecule has 2 aromatic rings. The van der Waals surface area contributed by atoms with E-state index >= 15 is 0 Å². The van der Waals surface area contributed by atoms with E-state index in [4.69, 9.17) is 0 Å². The Bertz CT molecular complexity index is 516. The van der Waals surface area contributed by atoms with Gasteiger partial charge in [0.1, 0.15) is 5.82 Å². The number of imidazole rings is 1. The van der Waals surface area contributed by atoms with Crippen LogP contribution in [0.5, 0.6) is 0 Å². The number of likely N-dealkylation sites (N-methyl/N-ethyl adjacent to an activating group) is 1. The van der Waals surface area contributed by atoms with E-state index < -0.39 is 0 Å². The van der Waals surface area contributed by atoms with Gasteiger partial charge in [-0.1, -0.05) is 51.1 Å². The zero-order valence-electron chi connectivity index (χ0n) is 12.9. The molecule has 0 spiro atoms. The number of aromatic nitrogens is 2. The summed E-state index contributed by atoms with van der Waals surface area (Å²) < 4.78 is 2.33. The fourth-order valence-electron chi connectivity index (χ4n) is 2.95. The summed E-state index contributed by atoms with van der Waals surface area (Å²) in [6.07, 6.45) is 4.98. The molecule has 108 valence electrons. The van der Waals surface area contributed by atoms with Gasteiger partial charge in [0.15, 0.2) is 0 Å². The number of benzene rings is 1. The molecule has 0 bridgehead atoms. The molecule has 1 aromatic carbocycles. The standard InChI is InChI=1S/C17H25N3/c1-5-15-19-11-12-20(15)17(13(2)3)16(18-4)14-9-7-6-8-10-14/h6-13,16-18H,5H2,1-4H3. The molecule has 1 aromatic heterocycles. The van der Waals surface area contributed by atoms with E-state index in [0.29, 0.717) is 12.0 Å². The largest absolute Gasteiger partial charge is 0.330 e. The third kappa shape index (κ3) is 2.93. The number of hydrogen-bond acceptors (Lipinski definition) is 2. The van der Waals surface area contributed by atoms with Crippen molar-refractivity contribution in [3.63, 3.8) is 0 Å². The highest BCUT2D eigenvalue weighted by Crippen LogP contribution is 2.33. The second-order valence-corrected chi connectivity index (χ2v) is 5.52. The molecule has 2 unspecified atom stereocenters. The second kappa shape index (κ2) is 6.71. The van der Waals surface area contributed by atoms with Gasteiger partial charge in [-0.05, 0) is 18.5 Å². The molecular weight excluding hydrogens is 246 g/mol. The van der Waals surface area contributed by atoms with Crippen LogP contribution < -0.4 is 5.32 Å². The van der Waals surface area contributed by atoms with Crippen molar-refractivity contribution < 1.29 is 0 Å². The van der Waals surface area contributed by atoms with Gasteiger partial charge in [-0.3, -0.25) is 0 Å². The lowest BCUT2D eigenvalue weighted by Crippen LogP contribution is -2.31. The van der Waals surface area contributed by atoms with Gasteiger partial charge in [0.2, 0.25) is 0 Å². The van der Waals surface area contributed by atoms with E-state index in [2.05, 4.69) is 72.2 Å². The van der Waals surface area contributed by atoms with Crippen molar-refractivity contribution in [3.05, 3.63) is 54.1 Å². The van der Waals surface area contributed by atoms with E-state index in [0.717, 1.165) is 12.2 Å². The maximum absolute atomic E-state index is 4.48. The highest BCUT2D eigenvalue weighted by molar-refractivity contribution is 5.21. The maximum atomic E-state index is 4.48. The van der Waals surface area contributed by atoms with Gasteiger partial charge in [-0.15, -0.1) is 0 Å². The highest BCUT2D eigenvalue weighted by atomic mass is 15.1. The summed E-state index contributed by atoms with van der Waals surface area (Å²) in [6, 6.07) is 11.3. The van der Waals surface area contributed by atoms with Gasteiger partial charge < -0.3 is 9.88 Å². The van der Waals surface area contributed by atoms with Crippen LogP contribution in [0.1, 0.15) is 44.2 Å². The Kier molecular flexibility index (Phi) is 4.96. The van der Waals surface area contributed by atoms with Gasteiger partial charge in [-0.25, -0.2) is 4.98 Å². The number of nitrogens with zero attached hydrogens (tertiary/aromatic N) is 2. The van der Waals surface area contributed by atoms with Crippen molar-refractivity contribution in [3.8, 4) is 0 Å². The van der Waals surface area contributed by atoms with Crippen molar-refractivity contribution in [2.45, 2.75) is 39.3 Å². The van der Waals surface area contributed by atoms with Crippen molar-refractivity contribution in [1.29, 1.82) is 0 Å². The van der Waals surface area contributed by atoms with Crippen LogP contribution >= 0.6 is 0 Å². The third-order valence-corrected chi connectivity index (χ3v) is 3.88. The molecule has 2 rings (SSSR count). The van der Waals surface area contributed by atoms with Crippen molar-refractivity contribution >= 4 is 0 Å². The summed E-state index contributed by atoms with van der Waals surface area (Å²) in [4.78, 5) is 4.48. The first-order valence-electron chi connectivity index (χ1n) is 7.43. The summed E-state index contributed by atoms with van der Waals surface area (Å²) in [5, 5.41) is 3.49. The van der Waals surface area contributed by atoms with E-state index in [1.54, 1.807) is 0 Å². The van der Waals surface area contributed by atoms with Crippen LogP contribution in [-0.4, -0.2) is 16.6 Å². The van der Waals surface area contributed by atoms with Crippen molar-refractivity contribution in [2.75, 3.05) is 7.05 Å². The van der Waals surface area contributed by atoms with Crippen LogP contribution in [0, 0.1) is 5.92 Å². The fraction of sp³-hybridized carbons (Fsp3) is 0.471. The molecule has 0 saturated carbocycles. The first kappa shape index (κ1) is 14.8. The highest BCUT2D eigenvalue weighted by Gasteiger charge is 2.27. The molecule has 0 aliphatic rings. The summed E-state index contributed by atoms with van der Waals surface area (Å²) in [5.41, 5.74) is 1.32. The molecule has 0 saturated heterocycles. The first-order chi connectivity index (χ1) is 9.69. The van der Waals surface area contributed by atoms with Gasteiger partial charge >= 0.3 is 0 Å². The number of hydrogen-bond donors (Lipinski definition) is 1. The summed E-state index contributed by atoms with van der Waals surface area (Å²) in [5.74, 6) is 1.67. The molecule has 3 nitrogen and oxygen atoms in total. The Labute approximate surface area is 122 Å². The van der Waals surface area contributed by atoms with Gasteiger partial charge in [0, 0.05) is 18.8 Å². The molecule has 1 N–H and O–H groups in total. The van der Waals surface area contributed by atoms with Crippen LogP contribution in [-0.2, 0) is 6.42 Å². The Morgan fingerprint density at radius 3 is 2.45 bits per heavy atom. The van der Waals surface area contributed by atoms with Crippen molar-refractivity contribution in [1.82, 2.24) is 14.9 Å². The number of nitrogens with one attached hydrogen (secondary N) is 1. The zero-order valence-corrected chi connectivity index (χ0v) is 12.9. The molecule has 20 heavy (non-hydrogen) atoms. The molecule has 0 amide bonds. The average molecular weight is 271 g/mol. The second-order valence-electron chi connectivity index (χ2n) is 5.52. The van der Waals surface area contributed by atoms with Gasteiger partial charge in [0.05, 0.1) is 12.1 Å². The predicted octanol–water partition coefficient (Wildman–Crippen LogP) is 3.60. The fourth-order valence-corrected chi connectivity index (χ4v) is 2.95. The lowest BCUT2D eigenvalue weighted by Gasteiger charge is -2.32. The molecular formula is C17H25N3. The molecule has 3 heteroatoms. The smallest absolute Gasteiger partial charge is 0.108 e. The average Bonchev–Trinajstić information content (AvgIpc) is 2.92. The minimum atomic E-state index is 0.288. The van der Waals surface area contributed by atoms with Crippen LogP contribution in [0.15, 0.2) is 42.7 Å². The van der Waals surface area contributed by atoms with Crippen LogP contribution in [0.2, 0.25) is 0 Å². The van der Waals surface area contributed by atoms with Crippen LogP contribution in [0.3, 0.4) is 0 Å². The minimum Gasteiger partial charge on any atom is -0.330 e. The molecule has 0 radical (unpaired) electrons. The molecule has 0 aliphatic carbocycles. The third-order valence-electron chi connectivity index (χ3n) is 3.88. The molecule has 0 aliphatic heterocycles. The Morgan fingerprint density at radius 2 is 1.90 bits per heavy atom. The zero-order chi connectivity index (χ0) is 14.5. The molecule has 2 atom stereocenters. The Balaban J connectivity index is 2.42. The topological polar surface area (TPSA) is 29.9 Å².